The molecular formula is C32H33Cl2N7O. The number of nitrogens with zero attached hydrogens (tertiary/aromatic N) is 6. The number of anilines is 2. The third-order valence-corrected chi connectivity index (χ3v) is 8.59. The van der Waals surface area contributed by atoms with E-state index in [2.05, 4.69) is 51.6 Å². The number of fused-ring (bicyclic) bond motifs is 1. The molecule has 1 aliphatic heterocycles. The summed E-state index contributed by atoms with van der Waals surface area (Å²) in [6.07, 6.45) is 7.71. The summed E-state index contributed by atoms with van der Waals surface area (Å²) in [6, 6.07) is 13.7. The number of rotatable bonds is 6. The van der Waals surface area contributed by atoms with Crippen LogP contribution in [-0.4, -0.2) is 49.4 Å². The zero-order valence-electron chi connectivity index (χ0n) is 24.1. The summed E-state index contributed by atoms with van der Waals surface area (Å²) in [7, 11) is 4.03. The molecule has 0 aliphatic carbocycles. The second-order valence-corrected chi connectivity index (χ2v) is 12.2. The van der Waals surface area contributed by atoms with Crippen molar-refractivity contribution in [2.75, 3.05) is 25.5 Å². The van der Waals surface area contributed by atoms with Crippen molar-refractivity contribution in [3.63, 3.8) is 0 Å². The van der Waals surface area contributed by atoms with Gasteiger partial charge in [-0.15, -0.1) is 0 Å². The zero-order chi connectivity index (χ0) is 29.5. The van der Waals surface area contributed by atoms with Gasteiger partial charge >= 0.3 is 0 Å². The van der Waals surface area contributed by atoms with Gasteiger partial charge in [0, 0.05) is 47.7 Å². The quantitative estimate of drug-likeness (QED) is 0.220. The van der Waals surface area contributed by atoms with Crippen molar-refractivity contribution in [1.82, 2.24) is 29.2 Å². The van der Waals surface area contributed by atoms with Gasteiger partial charge in [-0.1, -0.05) is 35.3 Å². The van der Waals surface area contributed by atoms with E-state index >= 15 is 0 Å². The van der Waals surface area contributed by atoms with Gasteiger partial charge in [-0.2, -0.15) is 10.1 Å². The number of piperidine rings is 1. The second-order valence-electron chi connectivity index (χ2n) is 11.3. The predicted molar refractivity (Wildman–Crippen MR) is 171 cm³/mol. The van der Waals surface area contributed by atoms with E-state index in [1.54, 1.807) is 27.7 Å². The highest BCUT2D eigenvalue weighted by molar-refractivity contribution is 6.39. The normalized spacial score (nSPS) is 14.6. The van der Waals surface area contributed by atoms with E-state index < -0.39 is 0 Å². The van der Waals surface area contributed by atoms with Crippen LogP contribution in [0.5, 0.6) is 0 Å². The first-order valence-electron chi connectivity index (χ1n) is 14.1. The van der Waals surface area contributed by atoms with Crippen LogP contribution in [0.3, 0.4) is 0 Å². The molecule has 0 saturated carbocycles. The van der Waals surface area contributed by atoms with Crippen molar-refractivity contribution < 1.29 is 0 Å². The molecule has 2 aromatic carbocycles. The highest BCUT2D eigenvalue weighted by atomic mass is 35.5. The van der Waals surface area contributed by atoms with Crippen molar-refractivity contribution in [3.8, 4) is 22.3 Å². The van der Waals surface area contributed by atoms with Crippen LogP contribution in [0.4, 0.5) is 11.6 Å². The maximum absolute atomic E-state index is 13.9. The third kappa shape index (κ3) is 5.54. The molecule has 0 atom stereocenters. The standard InChI is InChI=1S/C32H33Cl2N7O/c1-19(2)41-30-23(13-26(31(41)42)29-27(33)14-22(15-28(29)34)24-17-36-40(4)18-24)16-35-32(38-30)37-25-7-5-20(6-8-25)21-9-11-39(3)12-10-21/h5-8,13-19,21H,9-12H2,1-4H3,(H,35,37,38). The molecule has 3 aromatic heterocycles. The summed E-state index contributed by atoms with van der Waals surface area (Å²) >= 11 is 13.5. The van der Waals surface area contributed by atoms with E-state index in [9.17, 15) is 4.79 Å². The summed E-state index contributed by atoms with van der Waals surface area (Å²) in [5.41, 5.74) is 5.17. The first-order chi connectivity index (χ1) is 20.2. The van der Waals surface area contributed by atoms with Gasteiger partial charge in [0.15, 0.2) is 0 Å². The smallest absolute Gasteiger partial charge is 0.260 e. The number of nitrogens with one attached hydrogen (secondary N) is 1. The predicted octanol–water partition coefficient (Wildman–Crippen LogP) is 7.30. The van der Waals surface area contributed by atoms with Crippen LogP contribution in [0.25, 0.3) is 33.3 Å². The molecule has 4 heterocycles. The van der Waals surface area contributed by atoms with Gasteiger partial charge in [-0.05, 0) is 94.2 Å². The average Bonchev–Trinajstić information content (AvgIpc) is 3.40. The lowest BCUT2D eigenvalue weighted by molar-refractivity contribution is 0.255. The highest BCUT2D eigenvalue weighted by Gasteiger charge is 2.21. The lowest BCUT2D eigenvalue weighted by Crippen LogP contribution is -2.29. The minimum atomic E-state index is -0.220. The minimum absolute atomic E-state index is 0.163. The van der Waals surface area contributed by atoms with E-state index in [1.807, 2.05) is 39.2 Å². The van der Waals surface area contributed by atoms with Gasteiger partial charge < -0.3 is 10.2 Å². The van der Waals surface area contributed by atoms with E-state index in [-0.39, 0.29) is 11.6 Å². The molecule has 10 heteroatoms. The lowest BCUT2D eigenvalue weighted by Gasteiger charge is -2.29. The highest BCUT2D eigenvalue weighted by Crippen LogP contribution is 2.38. The fourth-order valence-electron chi connectivity index (χ4n) is 5.72. The van der Waals surface area contributed by atoms with Crippen LogP contribution in [0.1, 0.15) is 44.2 Å². The third-order valence-electron chi connectivity index (χ3n) is 8.00. The van der Waals surface area contributed by atoms with Crippen molar-refractivity contribution in [1.29, 1.82) is 0 Å². The maximum Gasteiger partial charge on any atom is 0.260 e. The molecule has 0 spiro atoms. The van der Waals surface area contributed by atoms with Gasteiger partial charge in [0.05, 0.1) is 21.8 Å². The number of benzene rings is 2. The van der Waals surface area contributed by atoms with E-state index in [0.717, 1.165) is 29.9 Å². The van der Waals surface area contributed by atoms with Crippen LogP contribution in [0.2, 0.25) is 10.0 Å². The Labute approximate surface area is 254 Å². The van der Waals surface area contributed by atoms with Crippen LogP contribution >= 0.6 is 23.2 Å². The molecule has 216 valence electrons. The number of aryl methyl sites for hydroxylation is 1. The Hall–Kier alpha value is -3.72. The number of pyridine rings is 1. The lowest BCUT2D eigenvalue weighted by atomic mass is 9.89. The SMILES string of the molecule is CC(C)n1c(=O)c(-c2c(Cl)cc(-c3cnn(C)c3)cc2Cl)cc2cnc(Nc3ccc(C4CCN(C)CC4)cc3)nc21. The molecule has 0 amide bonds. The summed E-state index contributed by atoms with van der Waals surface area (Å²) in [6.45, 7) is 6.17. The number of aromatic nitrogens is 5. The number of hydrogen-bond acceptors (Lipinski definition) is 6. The molecule has 0 bridgehead atoms. The van der Waals surface area contributed by atoms with Crippen LogP contribution in [-0.2, 0) is 7.05 Å². The molecular weight excluding hydrogens is 569 g/mol. The largest absolute Gasteiger partial charge is 0.324 e. The molecule has 42 heavy (non-hydrogen) atoms. The van der Waals surface area contributed by atoms with Gasteiger partial charge in [-0.3, -0.25) is 14.0 Å². The van der Waals surface area contributed by atoms with E-state index in [1.165, 1.54) is 18.4 Å². The molecule has 0 unspecified atom stereocenters. The van der Waals surface area contributed by atoms with Crippen molar-refractivity contribution >= 4 is 45.9 Å². The maximum atomic E-state index is 13.9. The Morgan fingerprint density at radius 1 is 0.952 bits per heavy atom. The van der Waals surface area contributed by atoms with Crippen LogP contribution in [0.15, 0.2) is 65.8 Å². The minimum Gasteiger partial charge on any atom is -0.324 e. The van der Waals surface area contributed by atoms with Gasteiger partial charge in [0.2, 0.25) is 5.95 Å². The number of hydrogen-bond donors (Lipinski definition) is 1. The molecule has 5 aromatic rings. The second kappa shape index (κ2) is 11.5. The monoisotopic (exact) mass is 601 g/mol. The van der Waals surface area contributed by atoms with Crippen molar-refractivity contribution in [2.45, 2.75) is 38.6 Å². The summed E-state index contributed by atoms with van der Waals surface area (Å²) in [4.78, 5) is 25.6. The topological polar surface area (TPSA) is 80.9 Å². The Morgan fingerprint density at radius 2 is 1.64 bits per heavy atom. The Bertz CT molecular complexity index is 1800. The first-order valence-corrected chi connectivity index (χ1v) is 14.9. The van der Waals surface area contributed by atoms with Crippen LogP contribution < -0.4 is 10.9 Å². The zero-order valence-corrected chi connectivity index (χ0v) is 25.6. The average molecular weight is 603 g/mol. The van der Waals surface area contributed by atoms with Gasteiger partial charge in [0.1, 0.15) is 5.65 Å². The van der Waals surface area contributed by atoms with Crippen molar-refractivity contribution in [3.05, 3.63) is 87.0 Å². The first kappa shape index (κ1) is 28.4. The number of likely N-dealkylation sites (tertiary alicyclic amines) is 1. The molecule has 1 fully saturated rings. The molecule has 1 N–H and O–H groups in total. The molecule has 6 rings (SSSR count). The number of halogens is 2. The summed E-state index contributed by atoms with van der Waals surface area (Å²) < 4.78 is 3.38. The van der Waals surface area contributed by atoms with E-state index in [4.69, 9.17) is 28.2 Å². The Kier molecular flexibility index (Phi) is 7.79. The molecule has 8 nitrogen and oxygen atoms in total. The van der Waals surface area contributed by atoms with E-state index in [0.29, 0.717) is 44.1 Å². The van der Waals surface area contributed by atoms with Crippen molar-refractivity contribution in [2.24, 2.45) is 7.05 Å². The molecule has 1 aliphatic rings. The fourth-order valence-corrected chi connectivity index (χ4v) is 6.41. The van der Waals surface area contributed by atoms with Gasteiger partial charge in [0.25, 0.3) is 5.56 Å². The Balaban J connectivity index is 1.34. The summed E-state index contributed by atoms with van der Waals surface area (Å²) in [5.74, 6) is 1.02. The van der Waals surface area contributed by atoms with Crippen LogP contribution in [0, 0.1) is 0 Å². The van der Waals surface area contributed by atoms with Gasteiger partial charge in [-0.25, -0.2) is 4.98 Å². The molecule has 1 saturated heterocycles. The fraction of sp³-hybridized carbons (Fsp3) is 0.312. The summed E-state index contributed by atoms with van der Waals surface area (Å²) in [5, 5.41) is 9.02. The molecule has 0 radical (unpaired) electrons. The Morgan fingerprint density at radius 3 is 2.26 bits per heavy atom.